The van der Waals surface area contributed by atoms with Crippen LogP contribution in [0.15, 0.2) is 30.5 Å². The Morgan fingerprint density at radius 1 is 0.884 bits per heavy atom. The van der Waals surface area contributed by atoms with E-state index in [-0.39, 0.29) is 53.6 Å². The van der Waals surface area contributed by atoms with Gasteiger partial charge in [0.05, 0.1) is 0 Å². The predicted octanol–water partition coefficient (Wildman–Crippen LogP) is 4.96. The van der Waals surface area contributed by atoms with Crippen LogP contribution in [-0.2, 0) is 16.0 Å². The molecule has 0 saturated carbocycles. The smallest absolute Gasteiger partial charge is 0.315 e. The summed E-state index contributed by atoms with van der Waals surface area (Å²) in [4.78, 5) is 53.2. The van der Waals surface area contributed by atoms with E-state index in [1.54, 1.807) is 6.92 Å². The van der Waals surface area contributed by atoms with E-state index in [1.807, 2.05) is 58.2 Å². The maximum atomic E-state index is 13.0. The zero-order valence-electron chi connectivity index (χ0n) is 26.8. The van der Waals surface area contributed by atoms with Crippen LogP contribution >= 0.6 is 0 Å². The number of ketones is 2. The molecule has 0 aliphatic heterocycles. The van der Waals surface area contributed by atoms with Crippen molar-refractivity contribution < 1.29 is 19.2 Å². The first-order chi connectivity index (χ1) is 20.5. The molecule has 43 heavy (non-hydrogen) atoms. The van der Waals surface area contributed by atoms with Gasteiger partial charge in [0.15, 0.2) is 0 Å². The van der Waals surface area contributed by atoms with E-state index in [2.05, 4.69) is 26.3 Å². The molecule has 0 aliphatic rings. The molecular formula is C33H54N6O4. The number of hydrogen-bond donors (Lipinski definition) is 6. The largest absolute Gasteiger partial charge is 0.361 e. The number of Topliss-reactive ketones (excluding diaryl/α,β-unsaturated/α-hetero) is 2. The van der Waals surface area contributed by atoms with Crippen molar-refractivity contribution in [2.45, 2.75) is 111 Å². The fraction of sp³-hybridized carbons (Fsp3) is 0.636. The zero-order chi connectivity index (χ0) is 31.8. The average Bonchev–Trinajstić information content (AvgIpc) is 3.34. The number of unbranched alkanes of at least 4 members (excludes halogenated alkanes) is 1. The Bertz CT molecular complexity index is 1160. The number of fused-ring (bicyclic) bond motifs is 1. The molecule has 0 spiro atoms. The third kappa shape index (κ3) is 14.1. The second-order valence-corrected chi connectivity index (χ2v) is 12.4. The van der Waals surface area contributed by atoms with Gasteiger partial charge in [0.25, 0.3) is 0 Å². The second-order valence-electron chi connectivity index (χ2n) is 12.4. The van der Waals surface area contributed by atoms with Crippen molar-refractivity contribution >= 4 is 34.5 Å². The summed E-state index contributed by atoms with van der Waals surface area (Å²) in [5.41, 5.74) is 7.82. The Balaban J connectivity index is 1.95. The maximum absolute atomic E-state index is 13.0. The third-order valence-corrected chi connectivity index (χ3v) is 7.73. The summed E-state index contributed by atoms with van der Waals surface area (Å²) in [6.07, 6.45) is 7.30. The number of hydrogen-bond acceptors (Lipinski definition) is 5. The molecule has 1 aromatic carbocycles. The monoisotopic (exact) mass is 598 g/mol. The highest BCUT2D eigenvalue weighted by Crippen LogP contribution is 2.21. The molecule has 0 bridgehead atoms. The van der Waals surface area contributed by atoms with Crippen LogP contribution in [-0.4, -0.2) is 59.8 Å². The van der Waals surface area contributed by atoms with Crippen molar-refractivity contribution in [3.63, 3.8) is 0 Å². The van der Waals surface area contributed by atoms with Crippen molar-refractivity contribution in [3.05, 3.63) is 36.0 Å². The number of carbonyl (C=O) groups excluding carboxylic acids is 4. The molecular weight excluding hydrogens is 544 g/mol. The number of benzene rings is 1. The maximum Gasteiger partial charge on any atom is 0.315 e. The lowest BCUT2D eigenvalue weighted by molar-refractivity contribution is -0.120. The molecule has 0 fully saturated rings. The highest BCUT2D eigenvalue weighted by Gasteiger charge is 2.21. The highest BCUT2D eigenvalue weighted by molar-refractivity contribution is 5.83. The van der Waals surface area contributed by atoms with Gasteiger partial charge in [-0.25, -0.2) is 9.59 Å². The third-order valence-electron chi connectivity index (χ3n) is 7.73. The van der Waals surface area contributed by atoms with Crippen LogP contribution in [0.3, 0.4) is 0 Å². The van der Waals surface area contributed by atoms with Gasteiger partial charge in [0.2, 0.25) is 0 Å². The van der Waals surface area contributed by atoms with Gasteiger partial charge in [-0.1, -0.05) is 38.5 Å². The number of amides is 4. The minimum Gasteiger partial charge on any atom is -0.361 e. The minimum atomic E-state index is -0.301. The Morgan fingerprint density at radius 3 is 2.30 bits per heavy atom. The molecule has 0 saturated heterocycles. The lowest BCUT2D eigenvalue weighted by Crippen LogP contribution is -2.46. The number of nitrogens with one attached hydrogen (secondary N) is 5. The summed E-state index contributed by atoms with van der Waals surface area (Å²) >= 11 is 0. The summed E-state index contributed by atoms with van der Waals surface area (Å²) in [6, 6.07) is 7.21. The number of carbonyl (C=O) groups is 4. The van der Waals surface area contributed by atoms with Crippen molar-refractivity contribution in [2.75, 3.05) is 13.1 Å². The van der Waals surface area contributed by atoms with Crippen LogP contribution < -0.4 is 27.0 Å². The van der Waals surface area contributed by atoms with Crippen LogP contribution in [0.5, 0.6) is 0 Å². The summed E-state index contributed by atoms with van der Waals surface area (Å²) in [6.45, 7) is 10.4. The van der Waals surface area contributed by atoms with Crippen LogP contribution in [0.25, 0.3) is 10.9 Å². The second kappa shape index (κ2) is 19.0. The fourth-order valence-electron chi connectivity index (χ4n) is 5.28. The minimum absolute atomic E-state index is 0.0104. The first kappa shape index (κ1) is 35.8. The number of rotatable bonds is 20. The van der Waals surface area contributed by atoms with E-state index in [9.17, 15) is 19.2 Å². The summed E-state index contributed by atoms with van der Waals surface area (Å²) in [5, 5.41) is 13.0. The van der Waals surface area contributed by atoms with E-state index in [4.69, 9.17) is 5.73 Å². The Kier molecular flexibility index (Phi) is 15.8. The number of para-hydroxylation sites is 1. The number of aromatic amines is 1. The molecule has 2 aromatic rings. The van der Waals surface area contributed by atoms with Crippen molar-refractivity contribution in [1.29, 1.82) is 0 Å². The topological polar surface area (TPSA) is 158 Å². The van der Waals surface area contributed by atoms with E-state index in [0.29, 0.717) is 51.6 Å². The van der Waals surface area contributed by atoms with E-state index in [1.165, 1.54) is 0 Å². The van der Waals surface area contributed by atoms with E-state index < -0.39 is 0 Å². The molecule has 0 unspecified atom stereocenters. The SMILES string of the molecule is CC(=O)CC[C@H](Cc1c[nH]c2ccccc12)NC(=O)NC[C@H](CCCCN)CC(=O)CC[C@@H](NC(=O)NC(C)C)C(C)C. The highest BCUT2D eigenvalue weighted by atomic mass is 16.2. The molecule has 1 aromatic heterocycles. The molecule has 0 aliphatic carbocycles. The Morgan fingerprint density at radius 2 is 1.63 bits per heavy atom. The molecule has 7 N–H and O–H groups in total. The molecule has 10 nitrogen and oxygen atoms in total. The van der Waals surface area contributed by atoms with E-state index >= 15 is 0 Å². The van der Waals surface area contributed by atoms with Gasteiger partial charge in [-0.15, -0.1) is 0 Å². The lowest BCUT2D eigenvalue weighted by Gasteiger charge is -2.24. The quantitative estimate of drug-likeness (QED) is 0.119. The lowest BCUT2D eigenvalue weighted by atomic mass is 9.92. The van der Waals surface area contributed by atoms with Crippen molar-refractivity contribution in [2.24, 2.45) is 17.6 Å². The molecule has 1 heterocycles. The van der Waals surface area contributed by atoms with Gasteiger partial charge in [-0.3, -0.25) is 4.79 Å². The van der Waals surface area contributed by atoms with Gasteiger partial charge in [-0.2, -0.15) is 0 Å². The van der Waals surface area contributed by atoms with Crippen LogP contribution in [0, 0.1) is 11.8 Å². The summed E-state index contributed by atoms with van der Waals surface area (Å²) in [7, 11) is 0. The first-order valence-electron chi connectivity index (χ1n) is 15.9. The summed E-state index contributed by atoms with van der Waals surface area (Å²) in [5.74, 6) is 0.385. The molecule has 240 valence electrons. The van der Waals surface area contributed by atoms with Crippen molar-refractivity contribution in [3.8, 4) is 0 Å². The number of H-pyrrole nitrogens is 1. The van der Waals surface area contributed by atoms with Gasteiger partial charge < -0.3 is 36.8 Å². The van der Waals surface area contributed by atoms with Gasteiger partial charge >= 0.3 is 12.1 Å². The Hall–Kier alpha value is -3.40. The molecule has 2 rings (SSSR count). The zero-order valence-corrected chi connectivity index (χ0v) is 26.8. The number of urea groups is 2. The average molecular weight is 599 g/mol. The summed E-state index contributed by atoms with van der Waals surface area (Å²) < 4.78 is 0. The normalized spacial score (nSPS) is 13.5. The van der Waals surface area contributed by atoms with E-state index in [0.717, 1.165) is 35.7 Å². The van der Waals surface area contributed by atoms with Gasteiger partial charge in [0.1, 0.15) is 11.6 Å². The van der Waals surface area contributed by atoms with Crippen molar-refractivity contribution in [1.82, 2.24) is 26.3 Å². The van der Waals surface area contributed by atoms with Crippen LogP contribution in [0.4, 0.5) is 9.59 Å². The molecule has 4 amide bonds. The predicted molar refractivity (Wildman–Crippen MR) is 173 cm³/mol. The Labute approximate surface area is 257 Å². The van der Waals surface area contributed by atoms with Gasteiger partial charge in [0, 0.05) is 61.0 Å². The number of nitrogens with two attached hydrogens (primary N) is 1. The molecule has 3 atom stereocenters. The van der Waals surface area contributed by atoms with Gasteiger partial charge in [-0.05, 0) is 82.9 Å². The molecule has 0 radical (unpaired) electrons. The molecule has 10 heteroatoms. The fourth-order valence-corrected chi connectivity index (χ4v) is 5.28. The standard InChI is InChI=1S/C33H54N6O4/c1-22(2)30(39-33(43)37-23(3)4)16-15-28(41)18-25(10-8-9-17-34)20-36-32(42)38-27(14-13-24(5)40)19-26-21-35-31-12-7-6-11-29(26)31/h6-7,11-12,21-23,25,27,30,35H,8-10,13-20,34H2,1-5H3,(H2,36,38,42)(H2,37,39,43)/t25-,27-,30-/m1/s1. The number of aromatic nitrogens is 1. The first-order valence-corrected chi connectivity index (χ1v) is 15.9. The van der Waals surface area contributed by atoms with Crippen LogP contribution in [0.2, 0.25) is 0 Å². The van der Waals surface area contributed by atoms with Crippen LogP contribution in [0.1, 0.15) is 91.5 Å².